The van der Waals surface area contributed by atoms with E-state index in [2.05, 4.69) is 26.6 Å². The molecule has 0 heterocycles. The molecule has 0 saturated heterocycles. The molecule has 0 aliphatic heterocycles. The van der Waals surface area contributed by atoms with Gasteiger partial charge in [0.15, 0.2) is 0 Å². The Morgan fingerprint density at radius 1 is 1.10 bits per heavy atom. The molecule has 2 rings (SSSR count). The highest BCUT2D eigenvalue weighted by atomic mass is 79.9. The molecule has 20 heavy (non-hydrogen) atoms. The number of nitrogens with one attached hydrogen (secondary N) is 2. The molecule has 0 aliphatic rings. The summed E-state index contributed by atoms with van der Waals surface area (Å²) < 4.78 is 0.863. The van der Waals surface area contributed by atoms with Crippen LogP contribution in [0.3, 0.4) is 0 Å². The maximum Gasteiger partial charge on any atom is 0.323 e. The predicted molar refractivity (Wildman–Crippen MR) is 87.1 cm³/mol. The second kappa shape index (κ2) is 5.96. The lowest BCUT2D eigenvalue weighted by Gasteiger charge is -2.12. The van der Waals surface area contributed by atoms with E-state index < -0.39 is 0 Å². The molecule has 0 saturated carbocycles. The highest BCUT2D eigenvalue weighted by Gasteiger charge is 2.09. The molecule has 0 spiro atoms. The Morgan fingerprint density at radius 3 is 2.35 bits per heavy atom. The van der Waals surface area contributed by atoms with Gasteiger partial charge in [0, 0.05) is 15.8 Å². The van der Waals surface area contributed by atoms with Gasteiger partial charge in [0.25, 0.3) is 0 Å². The number of urea groups is 1. The molecule has 4 N–H and O–H groups in total. The van der Waals surface area contributed by atoms with Crippen molar-refractivity contribution in [3.63, 3.8) is 0 Å². The fourth-order valence-corrected chi connectivity index (χ4v) is 2.69. The van der Waals surface area contributed by atoms with Crippen LogP contribution < -0.4 is 16.4 Å². The van der Waals surface area contributed by atoms with Gasteiger partial charge in [-0.1, -0.05) is 6.07 Å². The molecule has 0 fully saturated rings. The fourth-order valence-electron chi connectivity index (χ4n) is 1.92. The maximum atomic E-state index is 12.0. The van der Waals surface area contributed by atoms with Gasteiger partial charge < -0.3 is 16.4 Å². The summed E-state index contributed by atoms with van der Waals surface area (Å²) in [6.07, 6.45) is 0. The van der Waals surface area contributed by atoms with Crippen molar-refractivity contribution >= 4 is 39.0 Å². The van der Waals surface area contributed by atoms with Gasteiger partial charge in [0.05, 0.1) is 5.69 Å². The zero-order valence-electron chi connectivity index (χ0n) is 11.3. The van der Waals surface area contributed by atoms with Crippen LogP contribution >= 0.6 is 15.9 Å². The molecule has 2 aromatic rings. The number of hydrogen-bond donors (Lipinski definition) is 3. The number of carbonyl (C=O) groups is 1. The lowest BCUT2D eigenvalue weighted by Crippen LogP contribution is -2.20. The van der Waals surface area contributed by atoms with E-state index >= 15 is 0 Å². The van der Waals surface area contributed by atoms with Crippen LogP contribution in [0, 0.1) is 13.8 Å². The first-order valence-corrected chi connectivity index (χ1v) is 6.95. The number of rotatable bonds is 2. The smallest absolute Gasteiger partial charge is 0.323 e. The maximum absolute atomic E-state index is 12.0. The third kappa shape index (κ3) is 3.51. The monoisotopic (exact) mass is 333 g/mol. The lowest BCUT2D eigenvalue weighted by atomic mass is 10.1. The molecule has 2 amide bonds. The van der Waals surface area contributed by atoms with Crippen molar-refractivity contribution in [2.75, 3.05) is 16.4 Å². The van der Waals surface area contributed by atoms with Gasteiger partial charge in [-0.15, -0.1) is 0 Å². The summed E-state index contributed by atoms with van der Waals surface area (Å²) in [7, 11) is 0. The van der Waals surface area contributed by atoms with E-state index in [9.17, 15) is 4.79 Å². The van der Waals surface area contributed by atoms with Crippen LogP contribution in [0.2, 0.25) is 0 Å². The van der Waals surface area contributed by atoms with Crippen LogP contribution in [0.15, 0.2) is 40.9 Å². The van der Waals surface area contributed by atoms with Crippen LogP contribution in [0.5, 0.6) is 0 Å². The lowest BCUT2D eigenvalue weighted by molar-refractivity contribution is 0.262. The normalized spacial score (nSPS) is 10.2. The molecular weight excluding hydrogens is 318 g/mol. The minimum atomic E-state index is -0.289. The third-order valence-corrected chi connectivity index (χ3v) is 3.46. The third-order valence-electron chi connectivity index (χ3n) is 2.84. The van der Waals surface area contributed by atoms with Crippen LogP contribution in [0.25, 0.3) is 0 Å². The van der Waals surface area contributed by atoms with Crippen molar-refractivity contribution < 1.29 is 4.79 Å². The standard InChI is InChI=1S/C15H16BrN3O/c1-9-7-10(2)14(13(16)8-9)19-15(20)18-12-5-3-11(17)4-6-12/h3-8H,17H2,1-2H3,(H2,18,19,20). The number of nitrogen functional groups attached to an aromatic ring is 1. The van der Waals surface area contributed by atoms with E-state index in [0.29, 0.717) is 11.4 Å². The zero-order chi connectivity index (χ0) is 14.7. The van der Waals surface area contributed by atoms with Crippen LogP contribution in [0.4, 0.5) is 21.9 Å². The van der Waals surface area contributed by atoms with Gasteiger partial charge >= 0.3 is 6.03 Å². The quantitative estimate of drug-likeness (QED) is 0.717. The second-order valence-electron chi connectivity index (χ2n) is 4.64. The Balaban J connectivity index is 2.10. The van der Waals surface area contributed by atoms with E-state index in [1.807, 2.05) is 26.0 Å². The summed E-state index contributed by atoms with van der Waals surface area (Å²) in [5, 5.41) is 5.60. The van der Waals surface area contributed by atoms with E-state index in [0.717, 1.165) is 21.3 Å². The molecule has 2 aromatic carbocycles. The Kier molecular flexibility index (Phi) is 4.29. The first-order valence-electron chi connectivity index (χ1n) is 6.16. The Bertz CT molecular complexity index is 615. The van der Waals surface area contributed by atoms with Crippen LogP contribution in [0.1, 0.15) is 11.1 Å². The molecule has 0 aliphatic carbocycles. The summed E-state index contributed by atoms with van der Waals surface area (Å²) in [6.45, 7) is 3.96. The van der Waals surface area contributed by atoms with E-state index in [-0.39, 0.29) is 6.03 Å². The summed E-state index contributed by atoms with van der Waals surface area (Å²) in [6, 6.07) is 10.7. The molecule has 0 bridgehead atoms. The number of carbonyl (C=O) groups excluding carboxylic acids is 1. The number of benzene rings is 2. The molecule has 0 unspecified atom stereocenters. The van der Waals surface area contributed by atoms with Crippen molar-refractivity contribution in [3.05, 3.63) is 52.0 Å². The predicted octanol–water partition coefficient (Wildman–Crippen LogP) is 4.29. The first-order chi connectivity index (χ1) is 9.45. The molecule has 104 valence electrons. The summed E-state index contributed by atoms with van der Waals surface area (Å²) >= 11 is 3.46. The van der Waals surface area contributed by atoms with Gasteiger partial charge in [-0.3, -0.25) is 0 Å². The fraction of sp³-hybridized carbons (Fsp3) is 0.133. The summed E-state index contributed by atoms with van der Waals surface area (Å²) in [5.74, 6) is 0. The van der Waals surface area contributed by atoms with Gasteiger partial charge in [0.2, 0.25) is 0 Å². The molecule has 5 heteroatoms. The van der Waals surface area contributed by atoms with Crippen LogP contribution in [-0.2, 0) is 0 Å². The van der Waals surface area contributed by atoms with Gasteiger partial charge in [-0.25, -0.2) is 4.79 Å². The van der Waals surface area contributed by atoms with Gasteiger partial charge in [-0.2, -0.15) is 0 Å². The highest BCUT2D eigenvalue weighted by Crippen LogP contribution is 2.27. The topological polar surface area (TPSA) is 67.2 Å². The molecule has 0 atom stereocenters. The van der Waals surface area contributed by atoms with Crippen molar-refractivity contribution in [2.24, 2.45) is 0 Å². The Labute approximate surface area is 126 Å². The van der Waals surface area contributed by atoms with E-state index in [1.165, 1.54) is 0 Å². The van der Waals surface area contributed by atoms with Crippen molar-refractivity contribution in [3.8, 4) is 0 Å². The Hall–Kier alpha value is -2.01. The number of amides is 2. The highest BCUT2D eigenvalue weighted by molar-refractivity contribution is 9.10. The van der Waals surface area contributed by atoms with E-state index in [4.69, 9.17) is 5.73 Å². The zero-order valence-corrected chi connectivity index (χ0v) is 12.9. The van der Waals surface area contributed by atoms with Crippen molar-refractivity contribution in [1.82, 2.24) is 0 Å². The van der Waals surface area contributed by atoms with Gasteiger partial charge in [0.1, 0.15) is 0 Å². The van der Waals surface area contributed by atoms with Gasteiger partial charge in [-0.05, 0) is 71.2 Å². The molecule has 0 radical (unpaired) electrons. The average molecular weight is 334 g/mol. The Morgan fingerprint density at radius 2 is 1.75 bits per heavy atom. The van der Waals surface area contributed by atoms with Crippen molar-refractivity contribution in [1.29, 1.82) is 0 Å². The number of hydrogen-bond acceptors (Lipinski definition) is 2. The second-order valence-corrected chi connectivity index (χ2v) is 5.49. The number of anilines is 3. The average Bonchev–Trinajstić information content (AvgIpc) is 2.36. The molecule has 4 nitrogen and oxygen atoms in total. The number of nitrogens with two attached hydrogens (primary N) is 1. The van der Waals surface area contributed by atoms with Crippen LogP contribution in [-0.4, -0.2) is 6.03 Å². The molecular formula is C15H16BrN3O. The van der Waals surface area contributed by atoms with Crippen molar-refractivity contribution in [2.45, 2.75) is 13.8 Å². The summed E-state index contributed by atoms with van der Waals surface area (Å²) in [5.41, 5.74) is 9.86. The first kappa shape index (κ1) is 14.4. The minimum Gasteiger partial charge on any atom is -0.399 e. The number of aryl methyl sites for hydroxylation is 2. The summed E-state index contributed by atoms with van der Waals surface area (Å²) in [4.78, 5) is 12.0. The largest absolute Gasteiger partial charge is 0.399 e. The van der Waals surface area contributed by atoms with E-state index in [1.54, 1.807) is 24.3 Å². The molecule has 0 aromatic heterocycles. The SMILES string of the molecule is Cc1cc(C)c(NC(=O)Nc2ccc(N)cc2)c(Br)c1. The number of halogens is 1. The minimum absolute atomic E-state index is 0.289.